The van der Waals surface area contributed by atoms with Crippen LogP contribution in [0.1, 0.15) is 303 Å². The van der Waals surface area contributed by atoms with Gasteiger partial charge in [0.05, 0.1) is 0 Å². The number of ether oxygens (including phenoxy) is 3. The Bertz CT molecular complexity index is 1170. The monoisotopic (exact) mass is 939 g/mol. The topological polar surface area (TPSA) is 78.9 Å². The van der Waals surface area contributed by atoms with E-state index in [2.05, 4.69) is 69.4 Å². The van der Waals surface area contributed by atoms with Gasteiger partial charge in [0.25, 0.3) is 0 Å². The molecular weight excluding hydrogens is 829 g/mol. The van der Waals surface area contributed by atoms with Crippen molar-refractivity contribution in [2.45, 2.75) is 309 Å². The van der Waals surface area contributed by atoms with Crippen LogP contribution in [0.5, 0.6) is 0 Å². The standard InChI is InChI=1S/C61H110O6/c1-4-7-10-13-16-19-22-25-26-27-28-29-30-31-32-33-34-37-39-42-45-48-51-54-60(63)66-57-58(67-61(64)55-52-49-46-43-40-36-24-21-18-15-12-9-6-3)56-65-59(62)53-50-47-44-41-38-35-23-20-17-14-11-8-5-2/h12,15,20-21,23-24,27-28,58H,4-11,13-14,16-19,22,25-26,29-57H2,1-3H3/b15-12-,23-20-,24-21-,28-27-. The zero-order valence-corrected chi connectivity index (χ0v) is 44.7. The molecule has 0 fully saturated rings. The number of carbonyl (C=O) groups is 3. The maximum absolute atomic E-state index is 12.8. The molecule has 0 amide bonds. The molecule has 0 saturated heterocycles. The number of esters is 3. The fourth-order valence-electron chi connectivity index (χ4n) is 8.35. The molecule has 0 aliphatic rings. The van der Waals surface area contributed by atoms with Crippen LogP contribution >= 0.6 is 0 Å². The molecule has 1 unspecified atom stereocenters. The fraction of sp³-hybridized carbons (Fsp3) is 0.820. The maximum atomic E-state index is 12.8. The second-order valence-electron chi connectivity index (χ2n) is 19.5. The summed E-state index contributed by atoms with van der Waals surface area (Å²) in [5.74, 6) is -0.893. The van der Waals surface area contributed by atoms with Crippen LogP contribution < -0.4 is 0 Å². The van der Waals surface area contributed by atoms with Gasteiger partial charge in [-0.1, -0.05) is 236 Å². The van der Waals surface area contributed by atoms with Crippen LogP contribution in [-0.2, 0) is 28.6 Å². The Kier molecular flexibility index (Phi) is 53.8. The average Bonchev–Trinajstić information content (AvgIpc) is 3.33. The Hall–Kier alpha value is -2.63. The van der Waals surface area contributed by atoms with Gasteiger partial charge in [-0.15, -0.1) is 0 Å². The normalized spacial score (nSPS) is 12.3. The van der Waals surface area contributed by atoms with Gasteiger partial charge in [0, 0.05) is 19.3 Å². The third kappa shape index (κ3) is 54.2. The molecule has 0 aliphatic carbocycles. The zero-order chi connectivity index (χ0) is 48.6. The van der Waals surface area contributed by atoms with Gasteiger partial charge in [-0.05, 0) is 96.3 Å². The molecule has 0 aromatic rings. The lowest BCUT2D eigenvalue weighted by Gasteiger charge is -2.18. The molecule has 1 atom stereocenters. The van der Waals surface area contributed by atoms with E-state index in [1.807, 2.05) is 0 Å². The first kappa shape index (κ1) is 64.4. The Labute approximate surface area is 416 Å². The van der Waals surface area contributed by atoms with Gasteiger partial charge >= 0.3 is 17.9 Å². The Morgan fingerprint density at radius 3 is 0.910 bits per heavy atom. The molecule has 67 heavy (non-hydrogen) atoms. The lowest BCUT2D eigenvalue weighted by Crippen LogP contribution is -2.30. The van der Waals surface area contributed by atoms with Crippen molar-refractivity contribution >= 4 is 17.9 Å². The quantitative estimate of drug-likeness (QED) is 0.0262. The number of hydrogen-bond donors (Lipinski definition) is 0. The van der Waals surface area contributed by atoms with Gasteiger partial charge in [0.1, 0.15) is 13.2 Å². The van der Waals surface area contributed by atoms with E-state index in [0.717, 1.165) is 96.3 Å². The summed E-state index contributed by atoms with van der Waals surface area (Å²) in [6.07, 6.45) is 68.2. The smallest absolute Gasteiger partial charge is 0.306 e. The molecule has 6 nitrogen and oxygen atoms in total. The first-order valence-electron chi connectivity index (χ1n) is 29.1. The molecule has 0 aromatic carbocycles. The molecule has 390 valence electrons. The predicted molar refractivity (Wildman–Crippen MR) is 289 cm³/mol. The van der Waals surface area contributed by atoms with Crippen molar-refractivity contribution in [3.8, 4) is 0 Å². The predicted octanol–water partition coefficient (Wildman–Crippen LogP) is 19.4. The van der Waals surface area contributed by atoms with Crippen molar-refractivity contribution in [2.75, 3.05) is 13.2 Å². The molecule has 0 radical (unpaired) electrons. The van der Waals surface area contributed by atoms with E-state index >= 15 is 0 Å². The van der Waals surface area contributed by atoms with Crippen molar-refractivity contribution in [3.63, 3.8) is 0 Å². The van der Waals surface area contributed by atoms with Gasteiger partial charge in [-0.25, -0.2) is 0 Å². The first-order chi connectivity index (χ1) is 33.0. The van der Waals surface area contributed by atoms with Crippen LogP contribution in [0.2, 0.25) is 0 Å². The van der Waals surface area contributed by atoms with Gasteiger partial charge in [0.2, 0.25) is 0 Å². The number of unbranched alkanes of at least 4 members (excludes halogenated alkanes) is 34. The summed E-state index contributed by atoms with van der Waals surface area (Å²) in [5, 5.41) is 0. The van der Waals surface area contributed by atoms with Crippen LogP contribution in [0, 0.1) is 0 Å². The molecule has 0 bridgehead atoms. The number of hydrogen-bond acceptors (Lipinski definition) is 6. The van der Waals surface area contributed by atoms with Crippen LogP contribution in [0.4, 0.5) is 0 Å². The highest BCUT2D eigenvalue weighted by molar-refractivity contribution is 5.71. The summed E-state index contributed by atoms with van der Waals surface area (Å²) in [5.41, 5.74) is 0. The Balaban J connectivity index is 4.27. The molecule has 6 heteroatoms. The fourth-order valence-corrected chi connectivity index (χ4v) is 8.35. The van der Waals surface area contributed by atoms with Gasteiger partial charge in [-0.3, -0.25) is 14.4 Å². The Morgan fingerprint density at radius 2 is 0.567 bits per heavy atom. The highest BCUT2D eigenvalue weighted by atomic mass is 16.6. The summed E-state index contributed by atoms with van der Waals surface area (Å²) < 4.78 is 16.8. The molecule has 0 aliphatic heterocycles. The van der Waals surface area contributed by atoms with Crippen LogP contribution in [0.15, 0.2) is 48.6 Å². The third-order valence-corrected chi connectivity index (χ3v) is 12.8. The molecule has 0 rings (SSSR count). The van der Waals surface area contributed by atoms with Crippen LogP contribution in [0.25, 0.3) is 0 Å². The number of carbonyl (C=O) groups excluding carboxylic acids is 3. The minimum Gasteiger partial charge on any atom is -0.462 e. The van der Waals surface area contributed by atoms with E-state index in [9.17, 15) is 14.4 Å². The molecule has 0 heterocycles. The van der Waals surface area contributed by atoms with E-state index in [-0.39, 0.29) is 31.1 Å². The van der Waals surface area contributed by atoms with E-state index < -0.39 is 6.10 Å². The number of rotatable bonds is 53. The van der Waals surface area contributed by atoms with Crippen molar-refractivity contribution in [2.24, 2.45) is 0 Å². The van der Waals surface area contributed by atoms with Crippen LogP contribution in [0.3, 0.4) is 0 Å². The first-order valence-corrected chi connectivity index (χ1v) is 29.1. The second-order valence-corrected chi connectivity index (χ2v) is 19.5. The van der Waals surface area contributed by atoms with Gasteiger partial charge in [-0.2, -0.15) is 0 Å². The summed E-state index contributed by atoms with van der Waals surface area (Å²) in [6, 6.07) is 0. The van der Waals surface area contributed by atoms with Gasteiger partial charge in [0.15, 0.2) is 6.10 Å². The third-order valence-electron chi connectivity index (χ3n) is 12.8. The summed E-state index contributed by atoms with van der Waals surface area (Å²) in [7, 11) is 0. The summed E-state index contributed by atoms with van der Waals surface area (Å²) in [6.45, 7) is 6.57. The largest absolute Gasteiger partial charge is 0.462 e. The highest BCUT2D eigenvalue weighted by Gasteiger charge is 2.19. The van der Waals surface area contributed by atoms with Crippen LogP contribution in [-0.4, -0.2) is 37.2 Å². The lowest BCUT2D eigenvalue weighted by molar-refractivity contribution is -0.167. The minimum absolute atomic E-state index is 0.0803. The van der Waals surface area contributed by atoms with E-state index in [1.54, 1.807) is 0 Å². The average molecular weight is 940 g/mol. The van der Waals surface area contributed by atoms with Crippen molar-refractivity contribution in [3.05, 3.63) is 48.6 Å². The number of allylic oxidation sites excluding steroid dienone is 8. The van der Waals surface area contributed by atoms with E-state index in [4.69, 9.17) is 14.2 Å². The summed E-state index contributed by atoms with van der Waals surface area (Å²) in [4.78, 5) is 38.1. The van der Waals surface area contributed by atoms with E-state index in [1.165, 1.54) is 167 Å². The second kappa shape index (κ2) is 56.0. The van der Waals surface area contributed by atoms with Gasteiger partial charge < -0.3 is 14.2 Å². The Morgan fingerprint density at radius 1 is 0.299 bits per heavy atom. The van der Waals surface area contributed by atoms with Crippen molar-refractivity contribution in [1.82, 2.24) is 0 Å². The molecule has 0 saturated carbocycles. The van der Waals surface area contributed by atoms with E-state index in [0.29, 0.717) is 19.3 Å². The lowest BCUT2D eigenvalue weighted by atomic mass is 10.0. The molecule has 0 aromatic heterocycles. The molecule has 0 N–H and O–H groups in total. The molecule has 0 spiro atoms. The summed E-state index contributed by atoms with van der Waals surface area (Å²) >= 11 is 0. The highest BCUT2D eigenvalue weighted by Crippen LogP contribution is 2.16. The SMILES string of the molecule is CCC/C=C\C/C=C\CCCCCCCC(=O)OC(COC(=O)CCCCCCC/C=C\CCCCCC)COC(=O)CCCCCCCCCCCCC/C=C\CCCCCCCCCC. The van der Waals surface area contributed by atoms with Crippen molar-refractivity contribution in [1.29, 1.82) is 0 Å². The zero-order valence-electron chi connectivity index (χ0n) is 44.7. The minimum atomic E-state index is -0.782. The maximum Gasteiger partial charge on any atom is 0.306 e. The van der Waals surface area contributed by atoms with Crippen molar-refractivity contribution < 1.29 is 28.6 Å². The molecular formula is C61H110O6.